The summed E-state index contributed by atoms with van der Waals surface area (Å²) in [5, 5.41) is 7.02. The molecule has 31 heavy (non-hydrogen) atoms. The van der Waals surface area contributed by atoms with Crippen molar-refractivity contribution < 1.29 is 4.79 Å². The Kier molecular flexibility index (Phi) is 5.76. The number of amides is 1. The third-order valence-corrected chi connectivity index (χ3v) is 6.70. The van der Waals surface area contributed by atoms with Crippen molar-refractivity contribution in [1.82, 2.24) is 5.43 Å². The highest BCUT2D eigenvalue weighted by Crippen LogP contribution is 2.44. The van der Waals surface area contributed by atoms with Crippen molar-refractivity contribution in [2.75, 3.05) is 11.9 Å². The van der Waals surface area contributed by atoms with Gasteiger partial charge < -0.3 is 4.90 Å². The molecular weight excluding hydrogens is 406 g/mol. The molecule has 0 spiro atoms. The smallest absolute Gasteiger partial charge is 0.244 e. The van der Waals surface area contributed by atoms with Crippen LogP contribution in [0.1, 0.15) is 49.8 Å². The molecule has 0 saturated carbocycles. The Balaban J connectivity index is 1.49. The van der Waals surface area contributed by atoms with Gasteiger partial charge in [-0.05, 0) is 60.2 Å². The summed E-state index contributed by atoms with van der Waals surface area (Å²) in [5.74, 6) is 0.267. The molecule has 3 aromatic rings. The molecule has 3 aromatic carbocycles. The van der Waals surface area contributed by atoms with Crippen molar-refractivity contribution in [3.63, 3.8) is 0 Å². The topological polar surface area (TPSA) is 44.7 Å². The average Bonchev–Trinajstić information content (AvgIpc) is 2.73. The second kappa shape index (κ2) is 8.35. The fourth-order valence-corrected chi connectivity index (χ4v) is 4.74. The fourth-order valence-electron chi connectivity index (χ4n) is 4.54. The van der Waals surface area contributed by atoms with Gasteiger partial charge in [-0.25, -0.2) is 5.43 Å². The Hall–Kier alpha value is -2.85. The van der Waals surface area contributed by atoms with Crippen LogP contribution >= 0.6 is 11.6 Å². The molecule has 0 saturated heterocycles. The number of hydrazone groups is 1. The molecule has 0 bridgehead atoms. The number of rotatable bonds is 4. The Bertz CT molecular complexity index is 1160. The van der Waals surface area contributed by atoms with E-state index in [4.69, 9.17) is 11.6 Å². The Morgan fingerprint density at radius 2 is 1.97 bits per heavy atom. The van der Waals surface area contributed by atoms with E-state index in [0.717, 1.165) is 34.0 Å². The van der Waals surface area contributed by atoms with Crippen LogP contribution in [0, 0.1) is 0 Å². The summed E-state index contributed by atoms with van der Waals surface area (Å²) < 4.78 is 0. The standard InChI is InChI=1S/C26H28ClN3O/c1-17-15-26(2,3)30(4)24-14-23(27)20(12-22(17)24)16-28-29-25(31)13-19-10-7-9-18-8-5-6-11-21(18)19/h5-12,14,16-17H,13,15H2,1-4H3,(H,29,31)/b28-16-/t17-/m1/s1. The molecule has 0 unspecified atom stereocenters. The maximum atomic E-state index is 12.5. The molecule has 160 valence electrons. The lowest BCUT2D eigenvalue weighted by Crippen LogP contribution is -2.45. The molecule has 5 heteroatoms. The summed E-state index contributed by atoms with van der Waals surface area (Å²) in [5.41, 5.74) is 6.94. The van der Waals surface area contributed by atoms with Crippen LogP contribution in [0.3, 0.4) is 0 Å². The largest absolute Gasteiger partial charge is 0.369 e. The third kappa shape index (κ3) is 4.31. The van der Waals surface area contributed by atoms with Gasteiger partial charge in [0.05, 0.1) is 17.7 Å². The highest BCUT2D eigenvalue weighted by atomic mass is 35.5. The molecule has 1 aliphatic heterocycles. The minimum atomic E-state index is -0.156. The normalized spacial score (nSPS) is 17.7. The van der Waals surface area contributed by atoms with Gasteiger partial charge in [-0.1, -0.05) is 61.0 Å². The maximum absolute atomic E-state index is 12.5. The predicted molar refractivity (Wildman–Crippen MR) is 130 cm³/mol. The molecule has 1 N–H and O–H groups in total. The Morgan fingerprint density at radius 3 is 2.77 bits per heavy atom. The number of nitrogens with one attached hydrogen (secondary N) is 1. The van der Waals surface area contributed by atoms with E-state index >= 15 is 0 Å². The summed E-state index contributed by atoms with van der Waals surface area (Å²) in [6.45, 7) is 6.75. The molecule has 4 rings (SSSR count). The summed E-state index contributed by atoms with van der Waals surface area (Å²) in [4.78, 5) is 14.8. The predicted octanol–water partition coefficient (Wildman–Crippen LogP) is 5.91. The van der Waals surface area contributed by atoms with Gasteiger partial charge in [-0.2, -0.15) is 5.10 Å². The van der Waals surface area contributed by atoms with Crippen LogP contribution in [-0.2, 0) is 11.2 Å². The van der Waals surface area contributed by atoms with Gasteiger partial charge in [0.2, 0.25) is 5.91 Å². The van der Waals surface area contributed by atoms with E-state index < -0.39 is 0 Å². The Morgan fingerprint density at radius 1 is 1.23 bits per heavy atom. The molecule has 1 aliphatic rings. The minimum absolute atomic E-state index is 0.0843. The number of anilines is 1. The molecule has 1 amide bonds. The zero-order chi connectivity index (χ0) is 22.2. The van der Waals surface area contributed by atoms with E-state index in [-0.39, 0.29) is 17.9 Å². The lowest BCUT2D eigenvalue weighted by molar-refractivity contribution is -0.120. The molecule has 1 atom stereocenters. The third-order valence-electron chi connectivity index (χ3n) is 6.38. The molecule has 0 aromatic heterocycles. The summed E-state index contributed by atoms with van der Waals surface area (Å²) in [6, 6.07) is 18.2. The van der Waals surface area contributed by atoms with Gasteiger partial charge in [-0.15, -0.1) is 0 Å². The molecule has 0 aliphatic carbocycles. The van der Waals surface area contributed by atoms with Crippen molar-refractivity contribution in [3.8, 4) is 0 Å². The zero-order valence-electron chi connectivity index (χ0n) is 18.4. The number of halogens is 1. The minimum Gasteiger partial charge on any atom is -0.369 e. The number of benzene rings is 3. The van der Waals surface area contributed by atoms with Crippen molar-refractivity contribution in [2.24, 2.45) is 5.10 Å². The van der Waals surface area contributed by atoms with Crippen LogP contribution in [0.25, 0.3) is 10.8 Å². The highest BCUT2D eigenvalue weighted by Gasteiger charge is 2.34. The van der Waals surface area contributed by atoms with E-state index in [0.29, 0.717) is 10.9 Å². The van der Waals surface area contributed by atoms with Crippen LogP contribution in [0.4, 0.5) is 5.69 Å². The second-order valence-corrected chi connectivity index (χ2v) is 9.42. The van der Waals surface area contributed by atoms with E-state index in [2.05, 4.69) is 49.3 Å². The summed E-state index contributed by atoms with van der Waals surface area (Å²) in [7, 11) is 2.11. The van der Waals surface area contributed by atoms with E-state index in [9.17, 15) is 4.79 Å². The van der Waals surface area contributed by atoms with Crippen molar-refractivity contribution >= 4 is 40.2 Å². The van der Waals surface area contributed by atoms with Gasteiger partial charge in [0.15, 0.2) is 0 Å². The first-order valence-electron chi connectivity index (χ1n) is 10.6. The second-order valence-electron chi connectivity index (χ2n) is 9.02. The summed E-state index contributed by atoms with van der Waals surface area (Å²) in [6.07, 6.45) is 2.97. The Labute approximate surface area is 188 Å². The van der Waals surface area contributed by atoms with Crippen molar-refractivity contribution in [1.29, 1.82) is 0 Å². The number of hydrogen-bond acceptors (Lipinski definition) is 3. The SMILES string of the molecule is C[C@@H]1CC(C)(C)N(C)c2cc(Cl)c(/C=N\NC(=O)Cc3cccc4ccccc34)cc21. The molecule has 4 nitrogen and oxygen atoms in total. The lowest BCUT2D eigenvalue weighted by Gasteiger charge is -2.45. The van der Waals surface area contributed by atoms with Crippen LogP contribution in [0.15, 0.2) is 59.7 Å². The van der Waals surface area contributed by atoms with Gasteiger partial charge in [0.1, 0.15) is 0 Å². The quantitative estimate of drug-likeness (QED) is 0.410. The summed E-state index contributed by atoms with van der Waals surface area (Å²) >= 11 is 6.55. The first kappa shape index (κ1) is 21.4. The van der Waals surface area contributed by atoms with Crippen molar-refractivity contribution in [3.05, 3.63) is 76.3 Å². The van der Waals surface area contributed by atoms with Crippen LogP contribution in [-0.4, -0.2) is 24.7 Å². The van der Waals surface area contributed by atoms with Gasteiger partial charge in [0.25, 0.3) is 0 Å². The van der Waals surface area contributed by atoms with E-state index in [1.54, 1.807) is 6.21 Å². The van der Waals surface area contributed by atoms with Gasteiger partial charge in [-0.3, -0.25) is 4.79 Å². The van der Waals surface area contributed by atoms with Crippen LogP contribution < -0.4 is 10.3 Å². The van der Waals surface area contributed by atoms with Crippen LogP contribution in [0.5, 0.6) is 0 Å². The highest BCUT2D eigenvalue weighted by molar-refractivity contribution is 6.33. The maximum Gasteiger partial charge on any atom is 0.244 e. The van der Waals surface area contributed by atoms with E-state index in [1.165, 1.54) is 5.56 Å². The number of hydrogen-bond donors (Lipinski definition) is 1. The number of fused-ring (bicyclic) bond motifs is 2. The van der Waals surface area contributed by atoms with Crippen molar-refractivity contribution in [2.45, 2.75) is 45.1 Å². The first-order valence-corrected chi connectivity index (χ1v) is 11.0. The molecule has 0 radical (unpaired) electrons. The molecular formula is C26H28ClN3O. The molecule has 0 fully saturated rings. The van der Waals surface area contributed by atoms with E-state index in [1.807, 2.05) is 48.5 Å². The first-order chi connectivity index (χ1) is 14.8. The number of nitrogens with zero attached hydrogens (tertiary/aromatic N) is 2. The lowest BCUT2D eigenvalue weighted by atomic mass is 9.80. The number of carbonyl (C=O) groups excluding carboxylic acids is 1. The van der Waals surface area contributed by atoms with Crippen LogP contribution in [0.2, 0.25) is 5.02 Å². The zero-order valence-corrected chi connectivity index (χ0v) is 19.2. The fraction of sp³-hybridized carbons (Fsp3) is 0.308. The monoisotopic (exact) mass is 433 g/mol. The van der Waals surface area contributed by atoms with Gasteiger partial charge >= 0.3 is 0 Å². The number of carbonyl (C=O) groups is 1. The molecule has 1 heterocycles. The van der Waals surface area contributed by atoms with Gasteiger partial charge in [0, 0.05) is 23.8 Å². The average molecular weight is 434 g/mol.